The molecule has 0 aliphatic carbocycles. The molecule has 1 N–H and O–H groups in total. The van der Waals surface area contributed by atoms with Crippen LogP contribution in [-0.2, 0) is 19.1 Å². The second-order valence-electron chi connectivity index (χ2n) is 4.37. The van der Waals surface area contributed by atoms with Crippen LogP contribution >= 0.6 is 0 Å². The van der Waals surface area contributed by atoms with Gasteiger partial charge in [0.15, 0.2) is 0 Å². The van der Waals surface area contributed by atoms with Gasteiger partial charge in [0.1, 0.15) is 0 Å². The van der Waals surface area contributed by atoms with Gasteiger partial charge in [-0.2, -0.15) is 0 Å². The zero-order chi connectivity index (χ0) is 13.4. The van der Waals surface area contributed by atoms with Gasteiger partial charge in [-0.25, -0.2) is 0 Å². The van der Waals surface area contributed by atoms with Crippen molar-refractivity contribution < 1.29 is 24.2 Å². The normalized spacial score (nSPS) is 20.2. The Morgan fingerprint density at radius 1 is 1.44 bits per heavy atom. The summed E-state index contributed by atoms with van der Waals surface area (Å²) in [5, 5.41) is 8.93. The Morgan fingerprint density at radius 2 is 2.22 bits per heavy atom. The number of carbonyl (C=O) groups is 2. The van der Waals surface area contributed by atoms with E-state index in [-0.39, 0.29) is 5.91 Å². The van der Waals surface area contributed by atoms with Gasteiger partial charge < -0.3 is 19.5 Å². The Hall–Kier alpha value is -1.14. The summed E-state index contributed by atoms with van der Waals surface area (Å²) in [6.45, 7) is 2.47. The zero-order valence-electron chi connectivity index (χ0n) is 10.8. The predicted octanol–water partition coefficient (Wildman–Crippen LogP) is 0.363. The fourth-order valence-electron chi connectivity index (χ4n) is 1.91. The molecule has 0 radical (unpaired) electrons. The monoisotopic (exact) mass is 259 g/mol. The molecule has 0 saturated carbocycles. The molecule has 1 saturated heterocycles. The van der Waals surface area contributed by atoms with E-state index in [2.05, 4.69) is 0 Å². The topological polar surface area (TPSA) is 76.1 Å². The van der Waals surface area contributed by atoms with Gasteiger partial charge in [-0.05, 0) is 12.8 Å². The largest absolute Gasteiger partial charge is 0.481 e. The molecule has 1 aliphatic rings. The predicted molar refractivity (Wildman–Crippen MR) is 64.3 cm³/mol. The number of amides is 1. The molecule has 6 nitrogen and oxygen atoms in total. The standard InChI is InChI=1S/C12H21NO5/c1-17-6-2-7-18-8-5-13-9-10(12(15)16)3-4-11(13)14/h10H,2-9H2,1H3,(H,15,16). The first-order chi connectivity index (χ1) is 8.65. The van der Waals surface area contributed by atoms with Crippen molar-refractivity contribution in [2.24, 2.45) is 5.92 Å². The van der Waals surface area contributed by atoms with Crippen molar-refractivity contribution in [2.75, 3.05) is 40.0 Å². The number of rotatable bonds is 8. The highest BCUT2D eigenvalue weighted by Crippen LogP contribution is 2.17. The summed E-state index contributed by atoms with van der Waals surface area (Å²) >= 11 is 0. The van der Waals surface area contributed by atoms with Crippen LogP contribution in [0.2, 0.25) is 0 Å². The molecule has 104 valence electrons. The highest BCUT2D eigenvalue weighted by atomic mass is 16.5. The van der Waals surface area contributed by atoms with Crippen LogP contribution in [0.5, 0.6) is 0 Å². The Labute approximate surface area is 107 Å². The minimum atomic E-state index is -0.825. The van der Waals surface area contributed by atoms with E-state index in [0.29, 0.717) is 45.8 Å². The van der Waals surface area contributed by atoms with Gasteiger partial charge in [-0.1, -0.05) is 0 Å². The van der Waals surface area contributed by atoms with E-state index < -0.39 is 11.9 Å². The summed E-state index contributed by atoms with van der Waals surface area (Å²) in [4.78, 5) is 24.0. The number of hydrogen-bond donors (Lipinski definition) is 1. The molecule has 1 rings (SSSR count). The Kier molecular flexibility index (Phi) is 6.67. The second kappa shape index (κ2) is 8.05. The summed E-state index contributed by atoms with van der Waals surface area (Å²) in [5.74, 6) is -1.24. The van der Waals surface area contributed by atoms with Crippen molar-refractivity contribution in [1.29, 1.82) is 0 Å². The van der Waals surface area contributed by atoms with E-state index >= 15 is 0 Å². The molecule has 1 fully saturated rings. The van der Waals surface area contributed by atoms with Crippen molar-refractivity contribution >= 4 is 11.9 Å². The molecule has 1 aliphatic heterocycles. The van der Waals surface area contributed by atoms with Crippen LogP contribution in [0, 0.1) is 5.92 Å². The number of aliphatic carboxylic acids is 1. The van der Waals surface area contributed by atoms with E-state index in [9.17, 15) is 9.59 Å². The van der Waals surface area contributed by atoms with Crippen molar-refractivity contribution in [2.45, 2.75) is 19.3 Å². The lowest BCUT2D eigenvalue weighted by Gasteiger charge is -2.30. The van der Waals surface area contributed by atoms with Crippen LogP contribution in [0.25, 0.3) is 0 Å². The number of carbonyl (C=O) groups excluding carboxylic acids is 1. The average Bonchev–Trinajstić information content (AvgIpc) is 2.35. The third kappa shape index (κ3) is 5.01. The van der Waals surface area contributed by atoms with Crippen LogP contribution in [0.3, 0.4) is 0 Å². The van der Waals surface area contributed by atoms with Crippen molar-refractivity contribution in [1.82, 2.24) is 4.90 Å². The number of methoxy groups -OCH3 is 1. The number of hydrogen-bond acceptors (Lipinski definition) is 4. The van der Waals surface area contributed by atoms with Gasteiger partial charge in [0.2, 0.25) is 5.91 Å². The zero-order valence-corrected chi connectivity index (χ0v) is 10.8. The number of likely N-dealkylation sites (tertiary alicyclic amines) is 1. The lowest BCUT2D eigenvalue weighted by molar-refractivity contribution is -0.147. The van der Waals surface area contributed by atoms with Crippen molar-refractivity contribution in [3.8, 4) is 0 Å². The van der Waals surface area contributed by atoms with E-state index in [1.807, 2.05) is 0 Å². The first-order valence-corrected chi connectivity index (χ1v) is 6.22. The Morgan fingerprint density at radius 3 is 2.89 bits per heavy atom. The second-order valence-corrected chi connectivity index (χ2v) is 4.37. The van der Waals surface area contributed by atoms with Gasteiger partial charge >= 0.3 is 5.97 Å². The molecule has 1 heterocycles. The smallest absolute Gasteiger partial charge is 0.308 e. The molecule has 1 amide bonds. The number of carboxylic acid groups (broad SMARTS) is 1. The molecule has 0 aromatic carbocycles. The van der Waals surface area contributed by atoms with Crippen LogP contribution in [-0.4, -0.2) is 61.9 Å². The average molecular weight is 259 g/mol. The number of nitrogens with zero attached hydrogens (tertiary/aromatic N) is 1. The molecule has 1 atom stereocenters. The summed E-state index contributed by atoms with van der Waals surface area (Å²) in [6.07, 6.45) is 1.59. The Balaban J connectivity index is 2.19. The van der Waals surface area contributed by atoms with E-state index in [4.69, 9.17) is 14.6 Å². The lowest BCUT2D eigenvalue weighted by atomic mass is 9.98. The summed E-state index contributed by atoms with van der Waals surface area (Å²) < 4.78 is 10.2. The molecule has 18 heavy (non-hydrogen) atoms. The quantitative estimate of drug-likeness (QED) is 0.637. The molecular formula is C12H21NO5. The minimum absolute atomic E-state index is 0.0213. The maximum absolute atomic E-state index is 11.6. The molecule has 0 spiro atoms. The Bertz CT molecular complexity index is 282. The summed E-state index contributed by atoms with van der Waals surface area (Å²) in [6, 6.07) is 0. The molecular weight excluding hydrogens is 238 g/mol. The van der Waals surface area contributed by atoms with Gasteiger partial charge in [0, 0.05) is 39.8 Å². The third-order valence-corrected chi connectivity index (χ3v) is 2.99. The van der Waals surface area contributed by atoms with E-state index in [0.717, 1.165) is 6.42 Å². The number of piperidine rings is 1. The van der Waals surface area contributed by atoms with Gasteiger partial charge in [-0.3, -0.25) is 9.59 Å². The molecule has 0 bridgehead atoms. The van der Waals surface area contributed by atoms with E-state index in [1.54, 1.807) is 12.0 Å². The molecule has 0 aromatic heterocycles. The molecule has 0 aromatic rings. The first-order valence-electron chi connectivity index (χ1n) is 6.22. The van der Waals surface area contributed by atoms with E-state index in [1.165, 1.54) is 0 Å². The first kappa shape index (κ1) is 14.9. The van der Waals surface area contributed by atoms with Crippen molar-refractivity contribution in [3.05, 3.63) is 0 Å². The van der Waals surface area contributed by atoms with Crippen LogP contribution in [0.15, 0.2) is 0 Å². The maximum Gasteiger partial charge on any atom is 0.308 e. The summed E-state index contributed by atoms with van der Waals surface area (Å²) in [5.41, 5.74) is 0. The number of ether oxygens (including phenoxy) is 2. The van der Waals surface area contributed by atoms with Gasteiger partial charge in [0.05, 0.1) is 12.5 Å². The highest BCUT2D eigenvalue weighted by molar-refractivity contribution is 5.80. The fraction of sp³-hybridized carbons (Fsp3) is 0.833. The molecule has 6 heteroatoms. The maximum atomic E-state index is 11.6. The van der Waals surface area contributed by atoms with Crippen LogP contribution in [0.4, 0.5) is 0 Å². The third-order valence-electron chi connectivity index (χ3n) is 2.99. The molecule has 1 unspecified atom stereocenters. The van der Waals surface area contributed by atoms with Crippen LogP contribution < -0.4 is 0 Å². The number of carboxylic acids is 1. The summed E-state index contributed by atoms with van der Waals surface area (Å²) in [7, 11) is 1.64. The van der Waals surface area contributed by atoms with Gasteiger partial charge in [0.25, 0.3) is 0 Å². The lowest BCUT2D eigenvalue weighted by Crippen LogP contribution is -2.44. The highest BCUT2D eigenvalue weighted by Gasteiger charge is 2.29. The van der Waals surface area contributed by atoms with Gasteiger partial charge in [-0.15, -0.1) is 0 Å². The minimum Gasteiger partial charge on any atom is -0.481 e. The fourth-order valence-corrected chi connectivity index (χ4v) is 1.91. The van der Waals surface area contributed by atoms with Crippen LogP contribution in [0.1, 0.15) is 19.3 Å². The van der Waals surface area contributed by atoms with Crippen molar-refractivity contribution in [3.63, 3.8) is 0 Å². The SMILES string of the molecule is COCCCOCCN1CC(C(=O)O)CCC1=O.